The molecular formula is C11H15NO4. The van der Waals surface area contributed by atoms with Gasteiger partial charge in [-0.1, -0.05) is 6.07 Å². The van der Waals surface area contributed by atoms with Gasteiger partial charge in [-0.2, -0.15) is 0 Å². The minimum Gasteiger partial charge on any atom is -0.486 e. The summed E-state index contributed by atoms with van der Waals surface area (Å²) < 4.78 is 10.7. The van der Waals surface area contributed by atoms with Crippen molar-refractivity contribution in [3.8, 4) is 11.5 Å². The van der Waals surface area contributed by atoms with Gasteiger partial charge in [0.2, 0.25) is 0 Å². The van der Waals surface area contributed by atoms with Gasteiger partial charge in [0.05, 0.1) is 18.8 Å². The van der Waals surface area contributed by atoms with E-state index >= 15 is 0 Å². The summed E-state index contributed by atoms with van der Waals surface area (Å²) in [5, 5.41) is 18.7. The Morgan fingerprint density at radius 3 is 2.62 bits per heavy atom. The van der Waals surface area contributed by atoms with Crippen molar-refractivity contribution < 1.29 is 19.7 Å². The van der Waals surface area contributed by atoms with Gasteiger partial charge in [0.25, 0.3) is 0 Å². The molecule has 0 saturated heterocycles. The van der Waals surface area contributed by atoms with Crippen molar-refractivity contribution in [3.63, 3.8) is 0 Å². The zero-order valence-corrected chi connectivity index (χ0v) is 8.80. The van der Waals surface area contributed by atoms with E-state index in [1.807, 2.05) is 0 Å². The van der Waals surface area contributed by atoms with Gasteiger partial charge in [0, 0.05) is 0 Å². The van der Waals surface area contributed by atoms with Crippen molar-refractivity contribution in [1.29, 1.82) is 0 Å². The first-order valence-corrected chi connectivity index (χ1v) is 5.16. The summed E-state index contributed by atoms with van der Waals surface area (Å²) in [7, 11) is 0. The van der Waals surface area contributed by atoms with E-state index in [4.69, 9.17) is 20.3 Å². The lowest BCUT2D eigenvalue weighted by molar-refractivity contribution is 0.108. The predicted octanol–water partition coefficient (Wildman–Crippen LogP) is -0.189. The minimum atomic E-state index is -0.902. The largest absolute Gasteiger partial charge is 0.486 e. The fourth-order valence-electron chi connectivity index (χ4n) is 1.59. The maximum Gasteiger partial charge on any atom is 0.161 e. The third-order valence-corrected chi connectivity index (χ3v) is 2.52. The van der Waals surface area contributed by atoms with Crippen LogP contribution >= 0.6 is 0 Å². The second-order valence-electron chi connectivity index (χ2n) is 3.69. The number of rotatable bonds is 3. The zero-order chi connectivity index (χ0) is 11.5. The number of aliphatic hydroxyl groups is 2. The van der Waals surface area contributed by atoms with Gasteiger partial charge in [-0.05, 0) is 17.7 Å². The highest BCUT2D eigenvalue weighted by Gasteiger charge is 2.19. The van der Waals surface area contributed by atoms with E-state index in [-0.39, 0.29) is 6.61 Å². The van der Waals surface area contributed by atoms with E-state index in [9.17, 15) is 5.11 Å². The van der Waals surface area contributed by atoms with Crippen LogP contribution in [-0.4, -0.2) is 36.1 Å². The molecule has 16 heavy (non-hydrogen) atoms. The highest BCUT2D eigenvalue weighted by Crippen LogP contribution is 2.32. The topological polar surface area (TPSA) is 84.9 Å². The third kappa shape index (κ3) is 2.11. The molecule has 1 aliphatic rings. The van der Waals surface area contributed by atoms with Crippen LogP contribution < -0.4 is 15.2 Å². The summed E-state index contributed by atoms with van der Waals surface area (Å²) in [6.45, 7) is 0.763. The van der Waals surface area contributed by atoms with Crippen LogP contribution in [0, 0.1) is 0 Å². The van der Waals surface area contributed by atoms with Crippen molar-refractivity contribution in [2.24, 2.45) is 5.73 Å². The molecule has 5 nitrogen and oxygen atoms in total. The van der Waals surface area contributed by atoms with Crippen LogP contribution in [0.25, 0.3) is 0 Å². The number of ether oxygens (including phenoxy) is 2. The summed E-state index contributed by atoms with van der Waals surface area (Å²) in [5.74, 6) is 1.27. The van der Waals surface area contributed by atoms with Crippen LogP contribution in [-0.2, 0) is 0 Å². The molecule has 0 spiro atoms. The quantitative estimate of drug-likeness (QED) is 0.664. The molecule has 1 aromatic rings. The van der Waals surface area contributed by atoms with E-state index in [0.29, 0.717) is 30.3 Å². The predicted molar refractivity (Wildman–Crippen MR) is 57.5 cm³/mol. The minimum absolute atomic E-state index is 0.268. The highest BCUT2D eigenvalue weighted by molar-refractivity contribution is 5.44. The van der Waals surface area contributed by atoms with Crippen molar-refractivity contribution in [2.45, 2.75) is 12.1 Å². The van der Waals surface area contributed by atoms with Crippen LogP contribution in [0.5, 0.6) is 11.5 Å². The fraction of sp³-hybridized carbons (Fsp3) is 0.455. The van der Waals surface area contributed by atoms with E-state index in [0.717, 1.165) is 0 Å². The number of hydrogen-bond acceptors (Lipinski definition) is 5. The zero-order valence-electron chi connectivity index (χ0n) is 8.80. The Hall–Kier alpha value is -1.30. The first-order chi connectivity index (χ1) is 7.72. The smallest absolute Gasteiger partial charge is 0.161 e. The normalized spacial score (nSPS) is 17.9. The lowest BCUT2D eigenvalue weighted by Gasteiger charge is -2.21. The third-order valence-electron chi connectivity index (χ3n) is 2.52. The Balaban J connectivity index is 2.22. The van der Waals surface area contributed by atoms with Gasteiger partial charge < -0.3 is 25.4 Å². The maximum absolute atomic E-state index is 9.81. The van der Waals surface area contributed by atoms with Crippen LogP contribution in [0.4, 0.5) is 0 Å². The fourth-order valence-corrected chi connectivity index (χ4v) is 1.59. The second kappa shape index (κ2) is 4.69. The Morgan fingerprint density at radius 2 is 1.94 bits per heavy atom. The molecule has 0 bridgehead atoms. The first kappa shape index (κ1) is 11.2. The molecular weight excluding hydrogens is 210 g/mol. The van der Waals surface area contributed by atoms with Gasteiger partial charge >= 0.3 is 0 Å². The maximum atomic E-state index is 9.81. The first-order valence-electron chi connectivity index (χ1n) is 5.16. The number of hydrogen-bond donors (Lipinski definition) is 3. The molecule has 2 atom stereocenters. The van der Waals surface area contributed by atoms with Gasteiger partial charge in [-0.3, -0.25) is 0 Å². The summed E-state index contributed by atoms with van der Waals surface area (Å²) in [4.78, 5) is 0. The molecule has 5 heteroatoms. The molecule has 0 saturated carbocycles. The number of nitrogens with two attached hydrogens (primary N) is 1. The average molecular weight is 225 g/mol. The molecule has 1 unspecified atom stereocenters. The lowest BCUT2D eigenvalue weighted by atomic mass is 10.0. The molecule has 2 rings (SSSR count). The van der Waals surface area contributed by atoms with Crippen LogP contribution in [0.2, 0.25) is 0 Å². The van der Waals surface area contributed by atoms with Gasteiger partial charge in [-0.15, -0.1) is 0 Å². The molecule has 88 valence electrons. The molecule has 0 fully saturated rings. The highest BCUT2D eigenvalue weighted by atomic mass is 16.6. The SMILES string of the molecule is N[C@@H](CO)C(O)c1ccc2c(c1)OCCO2. The summed E-state index contributed by atoms with van der Waals surface area (Å²) >= 11 is 0. The van der Waals surface area contributed by atoms with E-state index in [1.54, 1.807) is 18.2 Å². The molecule has 1 heterocycles. The Labute approximate surface area is 93.4 Å². The van der Waals surface area contributed by atoms with Crippen molar-refractivity contribution in [1.82, 2.24) is 0 Å². The lowest BCUT2D eigenvalue weighted by Crippen LogP contribution is -2.32. The molecule has 0 aliphatic carbocycles. The van der Waals surface area contributed by atoms with Crippen molar-refractivity contribution in [2.75, 3.05) is 19.8 Å². The number of fused-ring (bicyclic) bond motifs is 1. The summed E-state index contributed by atoms with van der Waals surface area (Å²) in [6.07, 6.45) is -0.902. The van der Waals surface area contributed by atoms with Gasteiger partial charge in [0.15, 0.2) is 11.5 Å². The number of aliphatic hydroxyl groups excluding tert-OH is 2. The van der Waals surface area contributed by atoms with Crippen molar-refractivity contribution in [3.05, 3.63) is 23.8 Å². The summed E-state index contributed by atoms with van der Waals surface area (Å²) in [6, 6.07) is 4.45. The molecule has 1 aromatic carbocycles. The Bertz CT molecular complexity index is 369. The molecule has 0 aromatic heterocycles. The van der Waals surface area contributed by atoms with E-state index in [2.05, 4.69) is 0 Å². The second-order valence-corrected chi connectivity index (χ2v) is 3.69. The van der Waals surface area contributed by atoms with Crippen molar-refractivity contribution >= 4 is 0 Å². The van der Waals surface area contributed by atoms with Gasteiger partial charge in [-0.25, -0.2) is 0 Å². The molecule has 1 aliphatic heterocycles. The molecule has 4 N–H and O–H groups in total. The Kier molecular flexibility index (Phi) is 3.28. The average Bonchev–Trinajstić information content (AvgIpc) is 2.36. The summed E-state index contributed by atoms with van der Waals surface area (Å²) in [5.41, 5.74) is 6.17. The van der Waals surface area contributed by atoms with E-state index < -0.39 is 12.1 Å². The van der Waals surface area contributed by atoms with Crippen LogP contribution in [0.1, 0.15) is 11.7 Å². The van der Waals surface area contributed by atoms with E-state index in [1.165, 1.54) is 0 Å². The number of benzene rings is 1. The standard InChI is InChI=1S/C11H15NO4/c12-8(6-13)11(14)7-1-2-9-10(5-7)16-4-3-15-9/h1-2,5,8,11,13-14H,3-4,6,12H2/t8-,11?/m0/s1. The van der Waals surface area contributed by atoms with Crippen LogP contribution in [0.3, 0.4) is 0 Å². The molecule has 0 radical (unpaired) electrons. The molecule has 0 amide bonds. The van der Waals surface area contributed by atoms with Crippen LogP contribution in [0.15, 0.2) is 18.2 Å². The Morgan fingerprint density at radius 1 is 1.25 bits per heavy atom. The van der Waals surface area contributed by atoms with Gasteiger partial charge in [0.1, 0.15) is 13.2 Å². The monoisotopic (exact) mass is 225 g/mol.